The van der Waals surface area contributed by atoms with Crippen LogP contribution in [0.3, 0.4) is 0 Å². The van der Waals surface area contributed by atoms with Crippen molar-refractivity contribution < 1.29 is 13.9 Å². The maximum Gasteiger partial charge on any atom is 0.232 e. The number of hydrogen-bond donors (Lipinski definition) is 0. The number of hydrogen-bond acceptors (Lipinski definition) is 6. The molecule has 0 saturated carbocycles. The summed E-state index contributed by atoms with van der Waals surface area (Å²) >= 11 is 0. The van der Waals surface area contributed by atoms with E-state index in [0.717, 1.165) is 12.0 Å². The summed E-state index contributed by atoms with van der Waals surface area (Å²) in [5.74, 6) is 1.53. The minimum atomic E-state index is 0.236. The van der Waals surface area contributed by atoms with Crippen molar-refractivity contribution in [2.75, 3.05) is 7.11 Å². The summed E-state index contributed by atoms with van der Waals surface area (Å²) in [5.41, 5.74) is 0.835. The van der Waals surface area contributed by atoms with Crippen LogP contribution in [0.25, 0.3) is 0 Å². The largest absolute Gasteiger partial charge is 0.481 e. The molecule has 6 nitrogen and oxygen atoms in total. The summed E-state index contributed by atoms with van der Waals surface area (Å²) < 4.78 is 15.7. The highest BCUT2D eigenvalue weighted by Gasteiger charge is 2.12. The lowest BCUT2D eigenvalue weighted by Gasteiger charge is -2.10. The first-order valence-corrected chi connectivity index (χ1v) is 5.24. The minimum Gasteiger partial charge on any atom is -0.481 e. The van der Waals surface area contributed by atoms with Crippen LogP contribution in [-0.4, -0.2) is 22.1 Å². The topological polar surface area (TPSA) is 70.3 Å². The van der Waals surface area contributed by atoms with Gasteiger partial charge in [-0.15, -0.1) is 0 Å². The lowest BCUT2D eigenvalue weighted by molar-refractivity contribution is 0.248. The maximum absolute atomic E-state index is 5.53. The Morgan fingerprint density at radius 1 is 1.24 bits per heavy atom. The Morgan fingerprint density at radius 2 is 2.06 bits per heavy atom. The smallest absolute Gasteiger partial charge is 0.232 e. The molecule has 2 heterocycles. The Bertz CT molecular complexity index is 471. The van der Waals surface area contributed by atoms with Crippen LogP contribution in [0.2, 0.25) is 0 Å². The predicted octanol–water partition coefficient (Wildman–Crippen LogP) is 1.61. The SMILES string of the molecule is CCc1c(OC)ncnc1OCc1ncco1. The van der Waals surface area contributed by atoms with Gasteiger partial charge in [-0.05, 0) is 6.42 Å². The van der Waals surface area contributed by atoms with Crippen molar-refractivity contribution in [2.24, 2.45) is 0 Å². The molecule has 0 saturated heterocycles. The standard InChI is InChI=1S/C11H13N3O3/c1-3-8-10(15-2)13-7-14-11(8)17-6-9-12-4-5-16-9/h4-5,7H,3,6H2,1-2H3. The van der Waals surface area contributed by atoms with Gasteiger partial charge in [-0.2, -0.15) is 0 Å². The van der Waals surface area contributed by atoms with Crippen molar-refractivity contribution in [1.82, 2.24) is 15.0 Å². The molecule has 0 atom stereocenters. The van der Waals surface area contributed by atoms with Crippen molar-refractivity contribution in [1.29, 1.82) is 0 Å². The Hall–Kier alpha value is -2.11. The average Bonchev–Trinajstić information content (AvgIpc) is 2.88. The molecule has 0 N–H and O–H groups in total. The van der Waals surface area contributed by atoms with Gasteiger partial charge in [0.05, 0.1) is 18.9 Å². The van der Waals surface area contributed by atoms with E-state index in [0.29, 0.717) is 17.7 Å². The number of methoxy groups -OCH3 is 1. The third-order valence-electron chi connectivity index (χ3n) is 2.23. The molecule has 90 valence electrons. The van der Waals surface area contributed by atoms with Crippen molar-refractivity contribution in [3.63, 3.8) is 0 Å². The van der Waals surface area contributed by atoms with E-state index in [1.807, 2.05) is 6.92 Å². The number of oxazole rings is 1. The van der Waals surface area contributed by atoms with Crippen LogP contribution in [0, 0.1) is 0 Å². The molecule has 0 radical (unpaired) electrons. The highest BCUT2D eigenvalue weighted by molar-refractivity contribution is 5.34. The zero-order chi connectivity index (χ0) is 12.1. The van der Waals surface area contributed by atoms with E-state index in [-0.39, 0.29) is 6.61 Å². The molecule has 2 aromatic rings. The van der Waals surface area contributed by atoms with Crippen LogP contribution in [0.5, 0.6) is 11.8 Å². The van der Waals surface area contributed by atoms with Crippen molar-refractivity contribution in [3.05, 3.63) is 30.2 Å². The first-order valence-electron chi connectivity index (χ1n) is 5.24. The molecule has 0 aliphatic carbocycles. The quantitative estimate of drug-likeness (QED) is 0.784. The van der Waals surface area contributed by atoms with Gasteiger partial charge in [-0.1, -0.05) is 6.92 Å². The second kappa shape index (κ2) is 5.29. The fourth-order valence-electron chi connectivity index (χ4n) is 1.44. The summed E-state index contributed by atoms with van der Waals surface area (Å²) in [6.07, 6.45) is 5.20. The monoisotopic (exact) mass is 235 g/mol. The van der Waals surface area contributed by atoms with E-state index in [1.54, 1.807) is 13.3 Å². The zero-order valence-corrected chi connectivity index (χ0v) is 9.71. The fourth-order valence-corrected chi connectivity index (χ4v) is 1.44. The number of nitrogens with zero attached hydrogens (tertiary/aromatic N) is 3. The van der Waals surface area contributed by atoms with Gasteiger partial charge in [0.1, 0.15) is 12.6 Å². The van der Waals surface area contributed by atoms with Crippen LogP contribution in [0.1, 0.15) is 18.4 Å². The van der Waals surface area contributed by atoms with Crippen molar-refractivity contribution >= 4 is 0 Å². The van der Waals surface area contributed by atoms with Crippen LogP contribution in [-0.2, 0) is 13.0 Å². The molecule has 0 fully saturated rings. The van der Waals surface area contributed by atoms with Crippen molar-refractivity contribution in [2.45, 2.75) is 20.0 Å². The molecule has 2 aromatic heterocycles. The van der Waals surface area contributed by atoms with E-state index in [2.05, 4.69) is 15.0 Å². The predicted molar refractivity (Wildman–Crippen MR) is 58.8 cm³/mol. The summed E-state index contributed by atoms with van der Waals surface area (Å²) in [6.45, 7) is 2.22. The molecule has 0 spiro atoms. The highest BCUT2D eigenvalue weighted by Crippen LogP contribution is 2.24. The van der Waals surface area contributed by atoms with E-state index in [4.69, 9.17) is 13.9 Å². The third kappa shape index (κ3) is 2.52. The van der Waals surface area contributed by atoms with E-state index in [9.17, 15) is 0 Å². The Balaban J connectivity index is 2.14. The zero-order valence-electron chi connectivity index (χ0n) is 9.71. The molecule has 6 heteroatoms. The number of aromatic nitrogens is 3. The molecule has 0 aliphatic heterocycles. The van der Waals surface area contributed by atoms with Gasteiger partial charge in [-0.3, -0.25) is 0 Å². The van der Waals surface area contributed by atoms with Crippen LogP contribution < -0.4 is 9.47 Å². The normalized spacial score (nSPS) is 10.2. The van der Waals surface area contributed by atoms with Crippen molar-refractivity contribution in [3.8, 4) is 11.8 Å². The lowest BCUT2D eigenvalue weighted by atomic mass is 10.2. The second-order valence-electron chi connectivity index (χ2n) is 3.23. The Morgan fingerprint density at radius 3 is 2.71 bits per heavy atom. The molecule has 17 heavy (non-hydrogen) atoms. The minimum absolute atomic E-state index is 0.236. The molecular weight excluding hydrogens is 222 g/mol. The fraction of sp³-hybridized carbons (Fsp3) is 0.364. The van der Waals surface area contributed by atoms with Gasteiger partial charge in [0.15, 0.2) is 6.61 Å². The second-order valence-corrected chi connectivity index (χ2v) is 3.23. The molecule has 0 aromatic carbocycles. The number of rotatable bonds is 5. The summed E-state index contributed by atoms with van der Waals surface area (Å²) in [5, 5.41) is 0. The summed E-state index contributed by atoms with van der Waals surface area (Å²) in [6, 6.07) is 0. The Labute approximate surface area is 98.6 Å². The molecule has 2 rings (SSSR count). The summed E-state index contributed by atoms with van der Waals surface area (Å²) in [7, 11) is 1.57. The highest BCUT2D eigenvalue weighted by atomic mass is 16.5. The molecule has 0 bridgehead atoms. The van der Waals surface area contributed by atoms with E-state index >= 15 is 0 Å². The molecule has 0 amide bonds. The van der Waals surface area contributed by atoms with Gasteiger partial charge in [-0.25, -0.2) is 15.0 Å². The molecule has 0 unspecified atom stereocenters. The maximum atomic E-state index is 5.53. The molecular formula is C11H13N3O3. The van der Waals surface area contributed by atoms with Crippen LogP contribution in [0.15, 0.2) is 23.2 Å². The first kappa shape index (κ1) is 11.4. The number of ether oxygens (including phenoxy) is 2. The summed E-state index contributed by atoms with van der Waals surface area (Å²) in [4.78, 5) is 12.1. The first-order chi connectivity index (χ1) is 8.35. The van der Waals surface area contributed by atoms with Crippen LogP contribution in [0.4, 0.5) is 0 Å². The van der Waals surface area contributed by atoms with E-state index in [1.165, 1.54) is 12.6 Å². The Kier molecular flexibility index (Phi) is 3.54. The molecule has 0 aliphatic rings. The van der Waals surface area contributed by atoms with Gasteiger partial charge < -0.3 is 13.9 Å². The van der Waals surface area contributed by atoms with Gasteiger partial charge in [0.2, 0.25) is 17.7 Å². The van der Waals surface area contributed by atoms with Crippen LogP contribution >= 0.6 is 0 Å². The van der Waals surface area contributed by atoms with Gasteiger partial charge >= 0.3 is 0 Å². The third-order valence-corrected chi connectivity index (χ3v) is 2.23. The lowest BCUT2D eigenvalue weighted by Crippen LogP contribution is -2.03. The van der Waals surface area contributed by atoms with E-state index < -0.39 is 0 Å². The average molecular weight is 235 g/mol. The van der Waals surface area contributed by atoms with Gasteiger partial charge in [0, 0.05) is 0 Å². The van der Waals surface area contributed by atoms with Gasteiger partial charge in [0.25, 0.3) is 0 Å².